The summed E-state index contributed by atoms with van der Waals surface area (Å²) in [5.74, 6) is -0.318. The van der Waals surface area contributed by atoms with Crippen LogP contribution in [0.1, 0.15) is 10.4 Å². The van der Waals surface area contributed by atoms with Gasteiger partial charge in [-0.25, -0.2) is 4.79 Å². The molecular weight excluding hydrogens is 246 g/mol. The summed E-state index contributed by atoms with van der Waals surface area (Å²) in [5, 5.41) is 16.6. The molecule has 1 aromatic carbocycles. The molecule has 2 rings (SSSR count). The van der Waals surface area contributed by atoms with Gasteiger partial charge in [0.25, 0.3) is 5.91 Å². The van der Waals surface area contributed by atoms with Crippen LogP contribution in [0, 0.1) is 0 Å². The van der Waals surface area contributed by atoms with Gasteiger partial charge in [-0.3, -0.25) is 4.79 Å². The first-order valence-electron chi connectivity index (χ1n) is 4.90. The molecule has 2 amide bonds. The van der Waals surface area contributed by atoms with Crippen LogP contribution in [0.4, 0.5) is 10.5 Å². The molecule has 1 aromatic rings. The maximum absolute atomic E-state index is 11.8. The Bertz CT molecular complexity index is 478. The first kappa shape index (κ1) is 11.5. The van der Waals surface area contributed by atoms with E-state index in [4.69, 9.17) is 16.7 Å². The number of benzene rings is 1. The minimum Gasteiger partial charge on any atom is -0.465 e. The van der Waals surface area contributed by atoms with Gasteiger partial charge >= 0.3 is 6.09 Å². The molecule has 0 bridgehead atoms. The van der Waals surface area contributed by atoms with Gasteiger partial charge in [0.1, 0.15) is 6.17 Å². The monoisotopic (exact) mass is 255 g/mol. The summed E-state index contributed by atoms with van der Waals surface area (Å²) in [5.41, 5.74) is 0.971. The fourth-order valence-corrected chi connectivity index (χ4v) is 1.88. The van der Waals surface area contributed by atoms with Crippen molar-refractivity contribution in [1.29, 1.82) is 0 Å². The lowest BCUT2D eigenvalue weighted by Crippen LogP contribution is -2.51. The summed E-state index contributed by atoms with van der Waals surface area (Å²) in [6.07, 6.45) is -1.62. The molecule has 7 heteroatoms. The van der Waals surface area contributed by atoms with Gasteiger partial charge in [-0.05, 0) is 12.1 Å². The molecule has 0 aliphatic carbocycles. The Labute approximate surface area is 102 Å². The summed E-state index contributed by atoms with van der Waals surface area (Å²) >= 11 is 5.90. The molecule has 1 aliphatic rings. The number of carboxylic acid groups (broad SMARTS) is 1. The molecule has 1 atom stereocenters. The lowest BCUT2D eigenvalue weighted by atomic mass is 10.1. The highest BCUT2D eigenvalue weighted by molar-refractivity contribution is 6.34. The minimum absolute atomic E-state index is 0.0764. The Morgan fingerprint density at radius 2 is 2.24 bits per heavy atom. The van der Waals surface area contributed by atoms with Gasteiger partial charge in [0, 0.05) is 0 Å². The first-order valence-corrected chi connectivity index (χ1v) is 5.28. The van der Waals surface area contributed by atoms with Gasteiger partial charge in [-0.2, -0.15) is 0 Å². The Hall–Kier alpha value is -1.95. The van der Waals surface area contributed by atoms with Crippen LogP contribution in [0.5, 0.6) is 0 Å². The Balaban J connectivity index is 2.16. The van der Waals surface area contributed by atoms with Gasteiger partial charge < -0.3 is 21.1 Å². The zero-order chi connectivity index (χ0) is 12.4. The number of nitrogens with one attached hydrogen (secondary N) is 3. The standard InChI is InChI=1S/C10H10ClN3O3/c11-5-2-1-3-6-8(5)9(15)14-7(13-6)4-12-10(16)17/h1-3,7,12-13H,4H2,(H,14,15)(H,16,17). The van der Waals surface area contributed by atoms with Gasteiger partial charge in [-0.15, -0.1) is 0 Å². The number of halogens is 1. The first-order chi connectivity index (χ1) is 8.08. The molecule has 0 aromatic heterocycles. The Morgan fingerprint density at radius 1 is 1.47 bits per heavy atom. The molecule has 1 unspecified atom stereocenters. The van der Waals surface area contributed by atoms with Crippen molar-refractivity contribution in [2.24, 2.45) is 0 Å². The maximum Gasteiger partial charge on any atom is 0.404 e. The van der Waals surface area contributed by atoms with Crippen LogP contribution in [0.15, 0.2) is 18.2 Å². The number of hydrogen-bond acceptors (Lipinski definition) is 3. The zero-order valence-electron chi connectivity index (χ0n) is 8.66. The fourth-order valence-electron chi connectivity index (χ4n) is 1.62. The van der Waals surface area contributed by atoms with Crippen LogP contribution in [0.2, 0.25) is 5.02 Å². The molecule has 0 saturated carbocycles. The second kappa shape index (κ2) is 4.50. The zero-order valence-corrected chi connectivity index (χ0v) is 9.41. The van der Waals surface area contributed by atoms with Gasteiger partial charge in [-0.1, -0.05) is 17.7 Å². The van der Waals surface area contributed by atoms with Gasteiger partial charge in [0.2, 0.25) is 0 Å². The fraction of sp³-hybridized carbons (Fsp3) is 0.200. The molecule has 1 heterocycles. The third-order valence-corrected chi connectivity index (χ3v) is 2.65. The van der Waals surface area contributed by atoms with Crippen LogP contribution in [-0.2, 0) is 0 Å². The van der Waals surface area contributed by atoms with Gasteiger partial charge in [0.05, 0.1) is 22.8 Å². The molecule has 0 radical (unpaired) electrons. The Kier molecular flexibility index (Phi) is 3.06. The average molecular weight is 256 g/mol. The largest absolute Gasteiger partial charge is 0.465 e. The third kappa shape index (κ3) is 2.42. The second-order valence-electron chi connectivity index (χ2n) is 3.52. The predicted molar refractivity (Wildman–Crippen MR) is 62.4 cm³/mol. The van der Waals surface area contributed by atoms with Crippen molar-refractivity contribution in [3.63, 3.8) is 0 Å². The number of fused-ring (bicyclic) bond motifs is 1. The van der Waals surface area contributed by atoms with E-state index in [2.05, 4.69) is 16.0 Å². The van der Waals surface area contributed by atoms with Crippen molar-refractivity contribution >= 4 is 29.3 Å². The van der Waals surface area contributed by atoms with E-state index in [1.165, 1.54) is 0 Å². The highest BCUT2D eigenvalue weighted by atomic mass is 35.5. The minimum atomic E-state index is -1.14. The lowest BCUT2D eigenvalue weighted by molar-refractivity contribution is 0.0934. The van der Waals surface area contributed by atoms with E-state index in [0.29, 0.717) is 16.3 Å². The SMILES string of the molecule is O=C(O)NCC1NC(=O)c2c(Cl)cccc2N1. The van der Waals surface area contributed by atoms with Crippen molar-refractivity contribution < 1.29 is 14.7 Å². The maximum atomic E-state index is 11.8. The molecular formula is C10H10ClN3O3. The predicted octanol–water partition coefficient (Wildman–Crippen LogP) is 1.09. The van der Waals surface area contributed by atoms with Crippen molar-refractivity contribution in [2.75, 3.05) is 11.9 Å². The van der Waals surface area contributed by atoms with Gasteiger partial charge in [0.15, 0.2) is 0 Å². The van der Waals surface area contributed by atoms with E-state index in [0.717, 1.165) is 0 Å². The number of carbonyl (C=O) groups is 2. The second-order valence-corrected chi connectivity index (χ2v) is 3.93. The van der Waals surface area contributed by atoms with Crippen LogP contribution in [-0.4, -0.2) is 29.8 Å². The molecule has 1 aliphatic heterocycles. The van der Waals surface area contributed by atoms with E-state index < -0.39 is 12.3 Å². The lowest BCUT2D eigenvalue weighted by Gasteiger charge is -2.28. The van der Waals surface area contributed by atoms with E-state index in [-0.39, 0.29) is 12.5 Å². The number of anilines is 1. The normalized spacial score (nSPS) is 17.7. The number of rotatable bonds is 2. The number of hydrogen-bond donors (Lipinski definition) is 4. The molecule has 4 N–H and O–H groups in total. The third-order valence-electron chi connectivity index (χ3n) is 2.33. The van der Waals surface area contributed by atoms with Crippen LogP contribution < -0.4 is 16.0 Å². The molecule has 17 heavy (non-hydrogen) atoms. The van der Waals surface area contributed by atoms with E-state index in [9.17, 15) is 9.59 Å². The summed E-state index contributed by atoms with van der Waals surface area (Å²) in [4.78, 5) is 22.1. The summed E-state index contributed by atoms with van der Waals surface area (Å²) in [7, 11) is 0. The van der Waals surface area contributed by atoms with E-state index >= 15 is 0 Å². The Morgan fingerprint density at radius 3 is 2.94 bits per heavy atom. The number of carbonyl (C=O) groups excluding carboxylic acids is 1. The average Bonchev–Trinajstić information content (AvgIpc) is 2.26. The molecule has 0 fully saturated rings. The van der Waals surface area contributed by atoms with E-state index in [1.807, 2.05) is 0 Å². The van der Waals surface area contributed by atoms with Crippen molar-refractivity contribution in [2.45, 2.75) is 6.17 Å². The molecule has 0 spiro atoms. The van der Waals surface area contributed by atoms with Crippen LogP contribution in [0.3, 0.4) is 0 Å². The topological polar surface area (TPSA) is 90.5 Å². The van der Waals surface area contributed by atoms with Crippen molar-refractivity contribution in [3.8, 4) is 0 Å². The smallest absolute Gasteiger partial charge is 0.404 e. The highest BCUT2D eigenvalue weighted by Gasteiger charge is 2.25. The number of amides is 2. The highest BCUT2D eigenvalue weighted by Crippen LogP contribution is 2.26. The molecule has 6 nitrogen and oxygen atoms in total. The summed E-state index contributed by atoms with van der Waals surface area (Å²) in [6.45, 7) is 0.0764. The summed E-state index contributed by atoms with van der Waals surface area (Å²) < 4.78 is 0. The van der Waals surface area contributed by atoms with Crippen molar-refractivity contribution in [3.05, 3.63) is 28.8 Å². The molecule has 0 saturated heterocycles. The quantitative estimate of drug-likeness (QED) is 0.637. The van der Waals surface area contributed by atoms with Crippen LogP contribution >= 0.6 is 11.6 Å². The summed E-state index contributed by atoms with van der Waals surface area (Å²) in [6, 6.07) is 5.06. The van der Waals surface area contributed by atoms with Crippen LogP contribution in [0.25, 0.3) is 0 Å². The molecule has 90 valence electrons. The van der Waals surface area contributed by atoms with E-state index in [1.54, 1.807) is 18.2 Å². The van der Waals surface area contributed by atoms with Crippen molar-refractivity contribution in [1.82, 2.24) is 10.6 Å².